The second kappa shape index (κ2) is 17.4. The van der Waals surface area contributed by atoms with Gasteiger partial charge in [0.25, 0.3) is 0 Å². The zero-order valence-corrected chi connectivity index (χ0v) is 35.5. The largest absolute Gasteiger partial charge is 0.347 e. The summed E-state index contributed by atoms with van der Waals surface area (Å²) in [6.07, 6.45) is 15.9. The number of allylic oxidation sites excluding steroid dienone is 6. The van der Waals surface area contributed by atoms with Crippen LogP contribution in [0.5, 0.6) is 0 Å². The molecule has 4 aromatic rings. The summed E-state index contributed by atoms with van der Waals surface area (Å²) >= 11 is 0. The standard InChI is InChI=1S/C49H61N3O2P/c1-35(2)47(36(3)4)55(54-34-20-32-50)53-33-19-11-18-31-49(7)44(52(9)42-30-28-38-22-15-17-24-40(38)46(42)49)26-13-10-12-25-43-48(5,6)45-39-23-16-14-21-37(39)27-29-41(45)51(43)8/h10,12-17,21-30,35-36,47H,11,18-20,31,33-34H2,1-9H3/q+1. The Kier molecular flexibility index (Phi) is 12.8. The summed E-state index contributed by atoms with van der Waals surface area (Å²) < 4.78 is 15.0. The molecular formula is C49H61N3O2P+. The van der Waals surface area contributed by atoms with Gasteiger partial charge in [0.15, 0.2) is 14.1 Å². The first kappa shape index (κ1) is 40.6. The highest BCUT2D eigenvalue weighted by Gasteiger charge is 2.45. The molecule has 0 amide bonds. The second-order valence-corrected chi connectivity index (χ2v) is 18.5. The van der Waals surface area contributed by atoms with Crippen molar-refractivity contribution in [3.63, 3.8) is 0 Å². The van der Waals surface area contributed by atoms with Gasteiger partial charge in [0.1, 0.15) is 7.05 Å². The first-order valence-corrected chi connectivity index (χ1v) is 21.5. The van der Waals surface area contributed by atoms with Crippen molar-refractivity contribution in [3.05, 3.63) is 120 Å². The van der Waals surface area contributed by atoms with E-state index < -0.39 is 8.38 Å². The molecule has 5 nitrogen and oxygen atoms in total. The molecule has 6 heteroatoms. The lowest BCUT2D eigenvalue weighted by atomic mass is 9.75. The van der Waals surface area contributed by atoms with Crippen LogP contribution in [-0.2, 0) is 19.9 Å². The van der Waals surface area contributed by atoms with Crippen LogP contribution in [0, 0.1) is 23.2 Å². The van der Waals surface area contributed by atoms with E-state index >= 15 is 0 Å². The molecule has 0 saturated heterocycles. The van der Waals surface area contributed by atoms with E-state index in [0.717, 1.165) is 25.7 Å². The maximum Gasteiger partial charge on any atom is 0.210 e. The fraction of sp³-hybridized carbons (Fsp3) is 0.429. The number of unbranched alkanes of at least 4 members (excludes halogenated alkanes) is 2. The molecule has 0 fully saturated rings. The Morgan fingerprint density at radius 2 is 1.42 bits per heavy atom. The molecule has 4 aromatic carbocycles. The average Bonchev–Trinajstić information content (AvgIpc) is 3.50. The number of benzene rings is 4. The predicted molar refractivity (Wildman–Crippen MR) is 235 cm³/mol. The van der Waals surface area contributed by atoms with Crippen LogP contribution in [0.2, 0.25) is 0 Å². The van der Waals surface area contributed by atoms with E-state index in [1.807, 2.05) is 0 Å². The Balaban J connectivity index is 1.19. The van der Waals surface area contributed by atoms with Gasteiger partial charge in [-0.15, -0.1) is 0 Å². The SMILES string of the molecule is CC(C)C(C(C)C)P(OCCC#N)OCCCCCC1(C)\C(=C/C=C/C=C/C2=[N+](C)c3ccc4ccccc4c3C2(C)C)N(C)c2ccc3ccccc3c21. The predicted octanol–water partition coefficient (Wildman–Crippen LogP) is 12.9. The van der Waals surface area contributed by atoms with Crippen molar-refractivity contribution in [1.29, 1.82) is 5.26 Å². The average molecular weight is 755 g/mol. The van der Waals surface area contributed by atoms with E-state index in [4.69, 9.17) is 14.3 Å². The Morgan fingerprint density at radius 3 is 2.09 bits per heavy atom. The Hall–Kier alpha value is -4.07. The normalized spacial score (nSPS) is 19.3. The van der Waals surface area contributed by atoms with Crippen molar-refractivity contribution in [2.24, 2.45) is 11.8 Å². The first-order valence-electron chi connectivity index (χ1n) is 20.3. The van der Waals surface area contributed by atoms with E-state index in [0.29, 0.717) is 37.1 Å². The number of fused-ring (bicyclic) bond motifs is 6. The van der Waals surface area contributed by atoms with Crippen LogP contribution in [0.15, 0.2) is 109 Å². The summed E-state index contributed by atoms with van der Waals surface area (Å²) in [7, 11) is 3.37. The fourth-order valence-electron chi connectivity index (χ4n) is 9.41. The van der Waals surface area contributed by atoms with E-state index in [9.17, 15) is 0 Å². The number of likely N-dealkylation sites (N-methyl/N-ethyl adjacent to an activating group) is 1. The molecular weight excluding hydrogens is 694 g/mol. The fourth-order valence-corrected chi connectivity index (χ4v) is 11.4. The second-order valence-electron chi connectivity index (χ2n) is 16.8. The summed E-state index contributed by atoms with van der Waals surface area (Å²) in [6.45, 7) is 17.3. The monoisotopic (exact) mass is 754 g/mol. The van der Waals surface area contributed by atoms with Crippen molar-refractivity contribution in [1.82, 2.24) is 0 Å². The molecule has 55 heavy (non-hydrogen) atoms. The molecule has 0 N–H and O–H groups in total. The van der Waals surface area contributed by atoms with Crippen LogP contribution in [0.3, 0.4) is 0 Å². The molecule has 0 bridgehead atoms. The lowest BCUT2D eigenvalue weighted by Gasteiger charge is -2.32. The van der Waals surface area contributed by atoms with Gasteiger partial charge in [-0.25, -0.2) is 0 Å². The summed E-state index contributed by atoms with van der Waals surface area (Å²) in [6, 6.07) is 28.9. The number of rotatable bonds is 16. The topological polar surface area (TPSA) is 48.5 Å². The molecule has 288 valence electrons. The van der Waals surface area contributed by atoms with Gasteiger partial charge in [-0.05, 0) is 90.8 Å². The minimum absolute atomic E-state index is 0.108. The number of nitriles is 1. The lowest BCUT2D eigenvalue weighted by Crippen LogP contribution is -2.26. The highest BCUT2D eigenvalue weighted by atomic mass is 31.2. The van der Waals surface area contributed by atoms with Crippen molar-refractivity contribution >= 4 is 47.0 Å². The van der Waals surface area contributed by atoms with Gasteiger partial charge in [-0.2, -0.15) is 9.84 Å². The van der Waals surface area contributed by atoms with Crippen LogP contribution in [0.25, 0.3) is 21.5 Å². The zero-order valence-electron chi connectivity index (χ0n) is 34.6. The van der Waals surface area contributed by atoms with Gasteiger partial charge in [-0.3, -0.25) is 0 Å². The van der Waals surface area contributed by atoms with Crippen LogP contribution < -0.4 is 4.90 Å². The van der Waals surface area contributed by atoms with Gasteiger partial charge in [0.05, 0.1) is 31.1 Å². The molecule has 2 heterocycles. The van der Waals surface area contributed by atoms with Crippen molar-refractivity contribution in [2.75, 3.05) is 32.2 Å². The molecule has 0 spiro atoms. The lowest BCUT2D eigenvalue weighted by molar-refractivity contribution is -0.401. The quantitative estimate of drug-likeness (QED) is 0.0495. The van der Waals surface area contributed by atoms with Crippen molar-refractivity contribution in [2.45, 2.75) is 97.1 Å². The van der Waals surface area contributed by atoms with Crippen LogP contribution >= 0.6 is 8.38 Å². The third-order valence-corrected chi connectivity index (χ3v) is 14.5. The minimum Gasteiger partial charge on any atom is -0.347 e. The van der Waals surface area contributed by atoms with Gasteiger partial charge >= 0.3 is 0 Å². The van der Waals surface area contributed by atoms with E-state index in [1.54, 1.807) is 0 Å². The van der Waals surface area contributed by atoms with E-state index in [1.165, 1.54) is 55.5 Å². The maximum atomic E-state index is 9.09. The highest BCUT2D eigenvalue weighted by molar-refractivity contribution is 7.48. The molecule has 6 rings (SSSR count). The minimum atomic E-state index is -1.05. The van der Waals surface area contributed by atoms with Gasteiger partial charge in [0, 0.05) is 47.2 Å². The van der Waals surface area contributed by atoms with Crippen molar-refractivity contribution in [3.8, 4) is 6.07 Å². The number of nitrogens with zero attached hydrogens (tertiary/aromatic N) is 3. The highest BCUT2D eigenvalue weighted by Crippen LogP contribution is 2.53. The molecule has 0 aliphatic carbocycles. The summed E-state index contributed by atoms with van der Waals surface area (Å²) in [5.41, 5.74) is 8.14. The molecule has 0 aromatic heterocycles. The van der Waals surface area contributed by atoms with Gasteiger partial charge in [0.2, 0.25) is 5.69 Å². The summed E-state index contributed by atoms with van der Waals surface area (Å²) in [4.78, 5) is 2.41. The molecule has 2 unspecified atom stereocenters. The molecule has 2 aliphatic rings. The number of hydrogen-bond acceptors (Lipinski definition) is 4. The summed E-state index contributed by atoms with van der Waals surface area (Å²) in [5.74, 6) is 0.925. The smallest absolute Gasteiger partial charge is 0.210 e. The molecule has 2 aliphatic heterocycles. The third-order valence-electron chi connectivity index (χ3n) is 12.0. The Labute approximate surface area is 332 Å². The third kappa shape index (κ3) is 8.11. The Bertz CT molecular complexity index is 2160. The Morgan fingerprint density at radius 1 is 0.782 bits per heavy atom. The number of anilines is 1. The maximum absolute atomic E-state index is 9.09. The zero-order chi connectivity index (χ0) is 39.3. The molecule has 2 atom stereocenters. The van der Waals surface area contributed by atoms with Gasteiger partial charge in [-0.1, -0.05) is 113 Å². The van der Waals surface area contributed by atoms with Crippen LogP contribution in [-0.4, -0.2) is 43.3 Å². The van der Waals surface area contributed by atoms with Crippen molar-refractivity contribution < 1.29 is 13.6 Å². The molecule has 0 saturated carbocycles. The van der Waals surface area contributed by atoms with Gasteiger partial charge < -0.3 is 13.9 Å². The summed E-state index contributed by atoms with van der Waals surface area (Å²) in [5, 5.41) is 14.3. The van der Waals surface area contributed by atoms with Crippen LogP contribution in [0.4, 0.5) is 11.4 Å². The van der Waals surface area contributed by atoms with E-state index in [2.05, 4.69) is 181 Å². The number of hydrogen-bond donors (Lipinski definition) is 0. The molecule has 0 radical (unpaired) electrons. The van der Waals surface area contributed by atoms with E-state index in [-0.39, 0.29) is 10.8 Å². The first-order chi connectivity index (χ1) is 26.4. The van der Waals surface area contributed by atoms with Crippen LogP contribution in [0.1, 0.15) is 91.7 Å².